The van der Waals surface area contributed by atoms with Crippen molar-refractivity contribution in [1.82, 2.24) is 13.8 Å². The summed E-state index contributed by atoms with van der Waals surface area (Å²) in [7, 11) is -2.08. The zero-order valence-electron chi connectivity index (χ0n) is 20.8. The van der Waals surface area contributed by atoms with Crippen LogP contribution in [0.3, 0.4) is 0 Å². The van der Waals surface area contributed by atoms with Gasteiger partial charge in [0.1, 0.15) is 5.75 Å². The second-order valence-electron chi connectivity index (χ2n) is 9.53. The molecule has 7 nitrogen and oxygen atoms in total. The first-order valence-electron chi connectivity index (χ1n) is 12.4. The number of fused-ring (bicyclic) bond motifs is 1. The van der Waals surface area contributed by atoms with Crippen LogP contribution >= 0.6 is 0 Å². The van der Waals surface area contributed by atoms with Crippen molar-refractivity contribution in [3.05, 3.63) is 47.3 Å². The number of methoxy groups -OCH3 is 1. The molecule has 2 aliphatic rings. The average molecular weight is 488 g/mol. The van der Waals surface area contributed by atoms with E-state index in [1.54, 1.807) is 23.5 Å². The van der Waals surface area contributed by atoms with Crippen LogP contribution in [0.2, 0.25) is 0 Å². The SMILES string of the molecule is CCC1c2cccn2CCN1C(=O)CCC1CCCCN1S(=O)(=O)c1c(C)cc(OC)cc1C. The van der Waals surface area contributed by atoms with E-state index in [1.165, 1.54) is 5.69 Å². The monoisotopic (exact) mass is 487 g/mol. The Labute approximate surface area is 203 Å². The first-order chi connectivity index (χ1) is 16.3. The Morgan fingerprint density at radius 3 is 2.53 bits per heavy atom. The molecule has 2 aliphatic heterocycles. The number of nitrogens with zero attached hydrogens (tertiary/aromatic N) is 3. The molecule has 1 aromatic heterocycles. The lowest BCUT2D eigenvalue weighted by atomic mass is 9.99. The zero-order valence-corrected chi connectivity index (χ0v) is 21.6. The number of benzene rings is 1. The zero-order chi connectivity index (χ0) is 24.5. The Hall–Kier alpha value is -2.32. The minimum atomic E-state index is -3.67. The number of hydrogen-bond acceptors (Lipinski definition) is 4. The Morgan fingerprint density at radius 1 is 1.12 bits per heavy atom. The maximum absolute atomic E-state index is 13.8. The van der Waals surface area contributed by atoms with Crippen molar-refractivity contribution >= 4 is 15.9 Å². The fraction of sp³-hybridized carbons (Fsp3) is 0.577. The Bertz CT molecular complexity index is 1120. The fourth-order valence-corrected chi connectivity index (χ4v) is 7.90. The molecule has 8 heteroatoms. The Kier molecular flexibility index (Phi) is 7.38. The predicted octanol–water partition coefficient (Wildman–Crippen LogP) is 4.43. The molecule has 1 amide bonds. The minimum absolute atomic E-state index is 0.0899. The first kappa shape index (κ1) is 24.8. The molecule has 34 heavy (non-hydrogen) atoms. The van der Waals surface area contributed by atoms with Gasteiger partial charge >= 0.3 is 0 Å². The summed E-state index contributed by atoms with van der Waals surface area (Å²) in [6, 6.07) is 7.63. The summed E-state index contributed by atoms with van der Waals surface area (Å²) in [6.07, 6.45) is 6.50. The smallest absolute Gasteiger partial charge is 0.243 e. The van der Waals surface area contributed by atoms with Crippen molar-refractivity contribution in [3.63, 3.8) is 0 Å². The number of carbonyl (C=O) groups excluding carboxylic acids is 1. The van der Waals surface area contributed by atoms with Gasteiger partial charge in [0, 0.05) is 44.0 Å². The van der Waals surface area contributed by atoms with E-state index in [-0.39, 0.29) is 18.0 Å². The third-order valence-corrected chi connectivity index (χ3v) is 9.63. The number of ether oxygens (including phenoxy) is 1. The molecule has 0 radical (unpaired) electrons. The van der Waals surface area contributed by atoms with E-state index in [2.05, 4.69) is 23.8 Å². The topological polar surface area (TPSA) is 71.9 Å². The van der Waals surface area contributed by atoms with E-state index in [9.17, 15) is 13.2 Å². The molecule has 3 heterocycles. The summed E-state index contributed by atoms with van der Waals surface area (Å²) >= 11 is 0. The van der Waals surface area contributed by atoms with Crippen molar-refractivity contribution < 1.29 is 17.9 Å². The molecule has 0 saturated carbocycles. The predicted molar refractivity (Wildman–Crippen MR) is 132 cm³/mol. The molecule has 2 aromatic rings. The van der Waals surface area contributed by atoms with Gasteiger partial charge in [0.25, 0.3) is 0 Å². The van der Waals surface area contributed by atoms with Gasteiger partial charge in [-0.25, -0.2) is 8.42 Å². The van der Waals surface area contributed by atoms with Gasteiger partial charge in [-0.3, -0.25) is 4.79 Å². The van der Waals surface area contributed by atoms with E-state index < -0.39 is 10.0 Å². The summed E-state index contributed by atoms with van der Waals surface area (Å²) in [5, 5.41) is 0. The molecule has 0 N–H and O–H groups in total. The number of aryl methyl sites for hydroxylation is 2. The normalized spacial score (nSPS) is 21.4. The fourth-order valence-electron chi connectivity index (χ4n) is 5.76. The Morgan fingerprint density at radius 2 is 1.85 bits per heavy atom. The van der Waals surface area contributed by atoms with Crippen molar-refractivity contribution in [2.45, 2.75) is 82.8 Å². The molecule has 186 valence electrons. The van der Waals surface area contributed by atoms with Crippen LogP contribution in [0.4, 0.5) is 0 Å². The van der Waals surface area contributed by atoms with Crippen LogP contribution in [0.1, 0.15) is 68.3 Å². The summed E-state index contributed by atoms with van der Waals surface area (Å²) in [4.78, 5) is 15.6. The highest BCUT2D eigenvalue weighted by molar-refractivity contribution is 7.89. The lowest BCUT2D eigenvalue weighted by Gasteiger charge is -2.38. The molecule has 1 saturated heterocycles. The number of piperidine rings is 1. The molecule has 0 aliphatic carbocycles. The lowest BCUT2D eigenvalue weighted by molar-refractivity contribution is -0.135. The standard InChI is InChI=1S/C26H37N3O4S/c1-5-23-24-10-8-13-27(24)15-16-28(23)25(30)12-11-21-9-6-7-14-29(21)34(31,32)26-19(2)17-22(33-4)18-20(26)3/h8,10,13,17-18,21,23H,5-7,9,11-12,14-16H2,1-4H3. The highest BCUT2D eigenvalue weighted by Gasteiger charge is 2.36. The highest BCUT2D eigenvalue weighted by atomic mass is 32.2. The number of carbonyl (C=O) groups is 1. The average Bonchev–Trinajstić information content (AvgIpc) is 3.30. The number of hydrogen-bond donors (Lipinski definition) is 0. The van der Waals surface area contributed by atoms with E-state index >= 15 is 0 Å². The molecule has 1 fully saturated rings. The third-order valence-electron chi connectivity index (χ3n) is 7.37. The molecule has 0 bridgehead atoms. The maximum Gasteiger partial charge on any atom is 0.243 e. The second-order valence-corrected chi connectivity index (χ2v) is 11.4. The van der Waals surface area contributed by atoms with Crippen LogP contribution in [0.15, 0.2) is 35.4 Å². The molecular weight excluding hydrogens is 450 g/mol. The van der Waals surface area contributed by atoms with Gasteiger partial charge in [-0.15, -0.1) is 0 Å². The van der Waals surface area contributed by atoms with Gasteiger partial charge in [-0.05, 0) is 74.9 Å². The summed E-state index contributed by atoms with van der Waals surface area (Å²) in [5.41, 5.74) is 2.58. The van der Waals surface area contributed by atoms with Crippen molar-refractivity contribution in [2.75, 3.05) is 20.2 Å². The number of sulfonamides is 1. The van der Waals surface area contributed by atoms with Crippen molar-refractivity contribution in [3.8, 4) is 5.75 Å². The number of rotatable bonds is 7. The lowest BCUT2D eigenvalue weighted by Crippen LogP contribution is -2.45. The number of amides is 1. The second kappa shape index (κ2) is 10.1. The van der Waals surface area contributed by atoms with Gasteiger partial charge in [-0.2, -0.15) is 4.31 Å². The van der Waals surface area contributed by atoms with E-state index in [4.69, 9.17) is 4.74 Å². The van der Waals surface area contributed by atoms with Gasteiger partial charge in [-0.1, -0.05) is 13.3 Å². The minimum Gasteiger partial charge on any atom is -0.497 e. The molecule has 2 atom stereocenters. The third kappa shape index (κ3) is 4.62. The molecule has 2 unspecified atom stereocenters. The van der Waals surface area contributed by atoms with Crippen LogP contribution in [0.25, 0.3) is 0 Å². The summed E-state index contributed by atoms with van der Waals surface area (Å²) in [5.74, 6) is 0.784. The summed E-state index contributed by atoms with van der Waals surface area (Å²) in [6.45, 7) is 7.77. The molecule has 0 spiro atoms. The molecular formula is C26H37N3O4S. The quantitative estimate of drug-likeness (QED) is 0.579. The van der Waals surface area contributed by atoms with Crippen LogP contribution in [-0.4, -0.2) is 54.3 Å². The highest BCUT2D eigenvalue weighted by Crippen LogP contribution is 2.34. The van der Waals surface area contributed by atoms with Crippen molar-refractivity contribution in [1.29, 1.82) is 0 Å². The summed E-state index contributed by atoms with van der Waals surface area (Å²) < 4.78 is 36.8. The Balaban J connectivity index is 1.50. The van der Waals surface area contributed by atoms with Gasteiger partial charge in [0.2, 0.25) is 15.9 Å². The van der Waals surface area contributed by atoms with E-state index in [0.717, 1.165) is 32.2 Å². The van der Waals surface area contributed by atoms with Crippen LogP contribution in [0.5, 0.6) is 5.75 Å². The van der Waals surface area contributed by atoms with Gasteiger partial charge < -0.3 is 14.2 Å². The van der Waals surface area contributed by atoms with Crippen LogP contribution in [0, 0.1) is 13.8 Å². The van der Waals surface area contributed by atoms with Crippen LogP contribution < -0.4 is 4.74 Å². The van der Waals surface area contributed by atoms with E-state index in [0.29, 0.717) is 47.7 Å². The van der Waals surface area contributed by atoms with Gasteiger partial charge in [0.15, 0.2) is 0 Å². The number of aromatic nitrogens is 1. The van der Waals surface area contributed by atoms with E-state index in [1.807, 2.05) is 24.8 Å². The largest absolute Gasteiger partial charge is 0.497 e. The van der Waals surface area contributed by atoms with Crippen LogP contribution in [-0.2, 0) is 21.4 Å². The molecule has 4 rings (SSSR count). The molecule has 1 aromatic carbocycles. The van der Waals surface area contributed by atoms with Gasteiger partial charge in [0.05, 0.1) is 18.0 Å². The maximum atomic E-state index is 13.8. The van der Waals surface area contributed by atoms with Crippen molar-refractivity contribution in [2.24, 2.45) is 0 Å². The first-order valence-corrected chi connectivity index (χ1v) is 13.8.